The van der Waals surface area contributed by atoms with Crippen LogP contribution in [-0.2, 0) is 0 Å². The van der Waals surface area contributed by atoms with Gasteiger partial charge in [-0.25, -0.2) is 8.78 Å². The van der Waals surface area contributed by atoms with Crippen LogP contribution in [-0.4, -0.2) is 6.79 Å². The molecule has 2 nitrogen and oxygen atoms in total. The maximum Gasteiger partial charge on any atom is 0.263 e. The molecule has 0 radical (unpaired) electrons. The second kappa shape index (κ2) is 2.62. The van der Waals surface area contributed by atoms with E-state index in [1.54, 1.807) is 0 Å². The summed E-state index contributed by atoms with van der Waals surface area (Å²) in [5.74, 6) is 0.923. The van der Waals surface area contributed by atoms with Gasteiger partial charge in [-0.2, -0.15) is 0 Å². The van der Waals surface area contributed by atoms with Crippen LogP contribution in [0.1, 0.15) is 12.0 Å². The third-order valence-electron chi connectivity index (χ3n) is 1.65. The van der Waals surface area contributed by atoms with Gasteiger partial charge in [0.05, 0.1) is 0 Å². The Kier molecular flexibility index (Phi) is 1.60. The molecule has 0 spiro atoms. The van der Waals surface area contributed by atoms with Gasteiger partial charge < -0.3 is 9.47 Å². The Morgan fingerprint density at radius 3 is 2.67 bits per heavy atom. The molecule has 4 heteroatoms. The van der Waals surface area contributed by atoms with Crippen molar-refractivity contribution in [3.63, 3.8) is 0 Å². The van der Waals surface area contributed by atoms with Crippen molar-refractivity contribution in [3.8, 4) is 11.5 Å². The number of hydrogen-bond donors (Lipinski definition) is 0. The van der Waals surface area contributed by atoms with Crippen LogP contribution in [0, 0.1) is 0 Å². The minimum atomic E-state index is -2.46. The molecule has 0 aromatic heterocycles. The molecule has 1 aliphatic rings. The number of fused-ring (bicyclic) bond motifs is 1. The zero-order chi connectivity index (χ0) is 8.55. The lowest BCUT2D eigenvalue weighted by Gasteiger charge is -2.00. The minimum absolute atomic E-state index is 0.0424. The lowest BCUT2D eigenvalue weighted by Crippen LogP contribution is -1.92. The molecule has 0 unspecified atom stereocenters. The van der Waals surface area contributed by atoms with Gasteiger partial charge >= 0.3 is 0 Å². The molecule has 0 saturated heterocycles. The molecule has 1 aliphatic heterocycles. The predicted molar refractivity (Wildman–Crippen MR) is 37.5 cm³/mol. The highest BCUT2D eigenvalue weighted by atomic mass is 19.3. The Hall–Kier alpha value is -1.32. The zero-order valence-corrected chi connectivity index (χ0v) is 6.09. The first-order chi connectivity index (χ1) is 5.77. The normalized spacial score (nSPS) is 13.9. The predicted octanol–water partition coefficient (Wildman–Crippen LogP) is 2.35. The molecule has 2 rings (SSSR count). The van der Waals surface area contributed by atoms with E-state index in [0.29, 0.717) is 11.5 Å². The van der Waals surface area contributed by atoms with Crippen LogP contribution in [0.2, 0.25) is 0 Å². The van der Waals surface area contributed by atoms with Crippen molar-refractivity contribution >= 4 is 0 Å². The lowest BCUT2D eigenvalue weighted by atomic mass is 10.2. The van der Waals surface area contributed by atoms with Crippen LogP contribution in [0.15, 0.2) is 18.2 Å². The van der Waals surface area contributed by atoms with E-state index in [4.69, 9.17) is 9.47 Å². The summed E-state index contributed by atoms with van der Waals surface area (Å²) in [6.45, 7) is 0.113. The number of ether oxygens (including phenoxy) is 2. The quantitative estimate of drug-likeness (QED) is 0.647. The monoisotopic (exact) mass is 172 g/mol. The maximum absolute atomic E-state index is 12.1. The average Bonchev–Trinajstić information content (AvgIpc) is 2.49. The van der Waals surface area contributed by atoms with E-state index in [2.05, 4.69) is 0 Å². The number of halogens is 2. The maximum atomic E-state index is 12.1. The van der Waals surface area contributed by atoms with Gasteiger partial charge in [0, 0.05) is 5.56 Å². The van der Waals surface area contributed by atoms with Crippen molar-refractivity contribution in [2.24, 2.45) is 0 Å². The Morgan fingerprint density at radius 2 is 1.92 bits per heavy atom. The van der Waals surface area contributed by atoms with Gasteiger partial charge in [-0.15, -0.1) is 0 Å². The Bertz CT molecular complexity index is 299. The summed E-state index contributed by atoms with van der Waals surface area (Å²) in [5, 5.41) is 0. The van der Waals surface area contributed by atoms with E-state index in [9.17, 15) is 8.78 Å². The van der Waals surface area contributed by atoms with Crippen molar-refractivity contribution in [2.75, 3.05) is 6.79 Å². The van der Waals surface area contributed by atoms with Crippen LogP contribution in [0.3, 0.4) is 0 Å². The molecular formula is C8H6F2O2. The number of hydrogen-bond acceptors (Lipinski definition) is 2. The van der Waals surface area contributed by atoms with Gasteiger partial charge in [0.1, 0.15) is 0 Å². The van der Waals surface area contributed by atoms with E-state index >= 15 is 0 Å². The fourth-order valence-corrected chi connectivity index (χ4v) is 1.05. The van der Waals surface area contributed by atoms with Crippen molar-refractivity contribution in [1.29, 1.82) is 0 Å². The van der Waals surface area contributed by atoms with Gasteiger partial charge in [-0.05, 0) is 18.2 Å². The summed E-state index contributed by atoms with van der Waals surface area (Å²) in [6, 6.07) is 4.12. The number of rotatable bonds is 1. The highest BCUT2D eigenvalue weighted by molar-refractivity contribution is 5.44. The second-order valence-electron chi connectivity index (χ2n) is 2.41. The molecular weight excluding hydrogens is 166 g/mol. The van der Waals surface area contributed by atoms with Crippen LogP contribution >= 0.6 is 0 Å². The molecule has 64 valence electrons. The molecule has 0 fully saturated rings. The third kappa shape index (κ3) is 1.09. The molecule has 0 atom stereocenters. The molecule has 1 aromatic rings. The summed E-state index contributed by atoms with van der Waals surface area (Å²) in [5.41, 5.74) is -0.0424. The first-order valence-electron chi connectivity index (χ1n) is 3.45. The summed E-state index contributed by atoms with van der Waals surface area (Å²) in [4.78, 5) is 0. The molecule has 0 bridgehead atoms. The zero-order valence-electron chi connectivity index (χ0n) is 6.09. The van der Waals surface area contributed by atoms with E-state index in [1.165, 1.54) is 18.2 Å². The third-order valence-corrected chi connectivity index (χ3v) is 1.65. The minimum Gasteiger partial charge on any atom is -0.454 e. The average molecular weight is 172 g/mol. The van der Waals surface area contributed by atoms with Crippen molar-refractivity contribution in [2.45, 2.75) is 6.43 Å². The summed E-state index contributed by atoms with van der Waals surface area (Å²) in [7, 11) is 0. The second-order valence-corrected chi connectivity index (χ2v) is 2.41. The highest BCUT2D eigenvalue weighted by Gasteiger charge is 2.16. The molecule has 0 saturated carbocycles. The molecule has 1 aromatic carbocycles. The summed E-state index contributed by atoms with van der Waals surface area (Å²) in [6.07, 6.45) is -2.46. The standard InChI is InChI=1S/C8H6F2O2/c9-8(10)5-1-2-6-7(3-5)12-4-11-6/h1-3,8H,4H2. The summed E-state index contributed by atoms with van der Waals surface area (Å²) >= 11 is 0. The Balaban J connectivity index is 2.39. The van der Waals surface area contributed by atoms with E-state index in [1.807, 2.05) is 0 Å². The molecule has 0 N–H and O–H groups in total. The van der Waals surface area contributed by atoms with E-state index in [-0.39, 0.29) is 12.4 Å². The Labute approximate surface area is 67.7 Å². The van der Waals surface area contributed by atoms with Gasteiger partial charge in [-0.3, -0.25) is 0 Å². The van der Waals surface area contributed by atoms with Crippen molar-refractivity contribution < 1.29 is 18.3 Å². The molecule has 12 heavy (non-hydrogen) atoms. The van der Waals surface area contributed by atoms with Crippen molar-refractivity contribution in [1.82, 2.24) is 0 Å². The molecule has 0 amide bonds. The fourth-order valence-electron chi connectivity index (χ4n) is 1.05. The van der Waals surface area contributed by atoms with Gasteiger partial charge in [0.25, 0.3) is 6.43 Å². The topological polar surface area (TPSA) is 18.5 Å². The summed E-state index contributed by atoms with van der Waals surface area (Å²) < 4.78 is 34.2. The first-order valence-corrected chi connectivity index (χ1v) is 3.45. The Morgan fingerprint density at radius 1 is 1.17 bits per heavy atom. The van der Waals surface area contributed by atoms with Crippen LogP contribution < -0.4 is 9.47 Å². The highest BCUT2D eigenvalue weighted by Crippen LogP contribution is 2.35. The SMILES string of the molecule is FC(F)c1ccc2c(c1)OCO2. The van der Waals surface area contributed by atoms with Gasteiger partial charge in [0.2, 0.25) is 6.79 Å². The van der Waals surface area contributed by atoms with Crippen molar-refractivity contribution in [3.05, 3.63) is 23.8 Å². The van der Waals surface area contributed by atoms with Crippen LogP contribution in [0.4, 0.5) is 8.78 Å². The van der Waals surface area contributed by atoms with E-state index in [0.717, 1.165) is 0 Å². The smallest absolute Gasteiger partial charge is 0.263 e. The molecule has 0 aliphatic carbocycles. The van der Waals surface area contributed by atoms with Gasteiger partial charge in [-0.1, -0.05) is 0 Å². The molecule has 1 heterocycles. The van der Waals surface area contributed by atoms with E-state index < -0.39 is 6.43 Å². The fraction of sp³-hybridized carbons (Fsp3) is 0.250. The lowest BCUT2D eigenvalue weighted by molar-refractivity contribution is 0.150. The van der Waals surface area contributed by atoms with Crippen LogP contribution in [0.5, 0.6) is 11.5 Å². The van der Waals surface area contributed by atoms with Gasteiger partial charge in [0.15, 0.2) is 11.5 Å². The number of alkyl halides is 2. The van der Waals surface area contributed by atoms with Crippen LogP contribution in [0.25, 0.3) is 0 Å². The first kappa shape index (κ1) is 7.34. The number of benzene rings is 1. The largest absolute Gasteiger partial charge is 0.454 e.